The van der Waals surface area contributed by atoms with Crippen molar-refractivity contribution in [2.45, 2.75) is 65.3 Å². The molecule has 0 saturated heterocycles. The molecule has 1 nitrogen and oxygen atoms in total. The minimum Gasteiger partial charge on any atom is -0.316 e. The van der Waals surface area contributed by atoms with Gasteiger partial charge in [0.1, 0.15) is 0 Å². The first-order chi connectivity index (χ1) is 10.2. The smallest absolute Gasteiger partial charge is 0.0124 e. The Morgan fingerprint density at radius 1 is 1.05 bits per heavy atom. The summed E-state index contributed by atoms with van der Waals surface area (Å²) in [7, 11) is 2.07. The highest BCUT2D eigenvalue weighted by molar-refractivity contribution is 5.50. The van der Waals surface area contributed by atoms with Crippen LogP contribution in [0.25, 0.3) is 6.08 Å². The molecule has 0 spiro atoms. The summed E-state index contributed by atoms with van der Waals surface area (Å²) in [4.78, 5) is 0. The van der Waals surface area contributed by atoms with Crippen molar-refractivity contribution < 1.29 is 0 Å². The molecular weight excluding hydrogens is 254 g/mol. The van der Waals surface area contributed by atoms with Crippen LogP contribution in [0.4, 0.5) is 0 Å². The highest BCUT2D eigenvalue weighted by Gasteiger charge is 2.10. The Kier molecular flexibility index (Phi) is 9.09. The van der Waals surface area contributed by atoms with E-state index in [9.17, 15) is 0 Å². The standard InChI is InChI=1S/C20H33N/c1-5-7-8-10-18-13-15-19(16-14-18)12-11-17(3)20(21-4)9-6-2/h11-17,20-21H,5-10H2,1-4H3/b12-11+. The maximum Gasteiger partial charge on any atom is 0.0124 e. The predicted octanol–water partition coefficient (Wildman–Crippen LogP) is 5.46. The fraction of sp³-hybridized carbons (Fsp3) is 0.600. The number of hydrogen-bond donors (Lipinski definition) is 1. The number of nitrogens with one attached hydrogen (secondary N) is 1. The molecule has 0 radical (unpaired) electrons. The van der Waals surface area contributed by atoms with Gasteiger partial charge < -0.3 is 5.32 Å². The Bertz CT molecular complexity index is 391. The molecule has 21 heavy (non-hydrogen) atoms. The Labute approximate surface area is 131 Å². The zero-order chi connectivity index (χ0) is 15.5. The molecule has 1 rings (SSSR count). The van der Waals surface area contributed by atoms with Crippen molar-refractivity contribution in [2.24, 2.45) is 5.92 Å². The van der Waals surface area contributed by atoms with Gasteiger partial charge in [0.05, 0.1) is 0 Å². The third-order valence-corrected chi connectivity index (χ3v) is 4.25. The highest BCUT2D eigenvalue weighted by Crippen LogP contribution is 2.14. The van der Waals surface area contributed by atoms with Gasteiger partial charge in [0.2, 0.25) is 0 Å². The van der Waals surface area contributed by atoms with Gasteiger partial charge in [-0.2, -0.15) is 0 Å². The summed E-state index contributed by atoms with van der Waals surface area (Å²) in [5.41, 5.74) is 2.78. The minimum atomic E-state index is 0.569. The summed E-state index contributed by atoms with van der Waals surface area (Å²) in [5, 5.41) is 3.43. The van der Waals surface area contributed by atoms with Gasteiger partial charge in [-0.05, 0) is 43.4 Å². The van der Waals surface area contributed by atoms with E-state index in [-0.39, 0.29) is 0 Å². The van der Waals surface area contributed by atoms with Gasteiger partial charge in [-0.25, -0.2) is 0 Å². The molecule has 2 unspecified atom stereocenters. The fourth-order valence-electron chi connectivity index (χ4n) is 2.75. The zero-order valence-electron chi connectivity index (χ0n) is 14.4. The van der Waals surface area contributed by atoms with Gasteiger partial charge >= 0.3 is 0 Å². The van der Waals surface area contributed by atoms with E-state index in [1.54, 1.807) is 0 Å². The van der Waals surface area contributed by atoms with E-state index >= 15 is 0 Å². The Balaban J connectivity index is 2.52. The van der Waals surface area contributed by atoms with Crippen molar-refractivity contribution in [3.63, 3.8) is 0 Å². The van der Waals surface area contributed by atoms with Gasteiger partial charge in [-0.1, -0.05) is 76.5 Å². The molecule has 1 aromatic carbocycles. The van der Waals surface area contributed by atoms with E-state index in [0.717, 1.165) is 0 Å². The first kappa shape index (κ1) is 18.0. The Morgan fingerprint density at radius 2 is 1.76 bits per heavy atom. The van der Waals surface area contributed by atoms with E-state index < -0.39 is 0 Å². The molecule has 0 amide bonds. The SMILES string of the molecule is CCCCCc1ccc(/C=C/C(C)C(CCC)NC)cc1. The van der Waals surface area contributed by atoms with Gasteiger partial charge in [0.25, 0.3) is 0 Å². The fourth-order valence-corrected chi connectivity index (χ4v) is 2.75. The van der Waals surface area contributed by atoms with Crippen LogP contribution in [0.15, 0.2) is 30.3 Å². The molecule has 118 valence electrons. The molecule has 0 aliphatic rings. The normalized spacial score (nSPS) is 14.5. The second-order valence-corrected chi connectivity index (χ2v) is 6.10. The number of hydrogen-bond acceptors (Lipinski definition) is 1. The number of aryl methyl sites for hydroxylation is 1. The predicted molar refractivity (Wildman–Crippen MR) is 95.6 cm³/mol. The Hall–Kier alpha value is -1.08. The minimum absolute atomic E-state index is 0.569. The molecule has 0 aromatic heterocycles. The molecule has 0 aliphatic carbocycles. The molecular formula is C20H33N. The van der Waals surface area contributed by atoms with E-state index in [0.29, 0.717) is 12.0 Å². The van der Waals surface area contributed by atoms with Crippen LogP contribution in [0.5, 0.6) is 0 Å². The van der Waals surface area contributed by atoms with Crippen LogP contribution in [-0.4, -0.2) is 13.1 Å². The lowest BCUT2D eigenvalue weighted by molar-refractivity contribution is 0.431. The van der Waals surface area contributed by atoms with Gasteiger partial charge in [-0.3, -0.25) is 0 Å². The average molecular weight is 287 g/mol. The summed E-state index contributed by atoms with van der Waals surface area (Å²) in [6.07, 6.45) is 12.2. The first-order valence-corrected chi connectivity index (χ1v) is 8.65. The molecule has 1 heteroatoms. The van der Waals surface area contributed by atoms with Crippen molar-refractivity contribution in [2.75, 3.05) is 7.05 Å². The largest absolute Gasteiger partial charge is 0.316 e. The number of rotatable bonds is 10. The van der Waals surface area contributed by atoms with Crippen molar-refractivity contribution in [1.82, 2.24) is 5.32 Å². The zero-order valence-corrected chi connectivity index (χ0v) is 14.4. The number of benzene rings is 1. The quantitative estimate of drug-likeness (QED) is 0.564. The third kappa shape index (κ3) is 6.95. The number of unbranched alkanes of at least 4 members (excludes halogenated alkanes) is 2. The second-order valence-electron chi connectivity index (χ2n) is 6.10. The second kappa shape index (κ2) is 10.6. The van der Waals surface area contributed by atoms with Crippen molar-refractivity contribution in [3.05, 3.63) is 41.5 Å². The van der Waals surface area contributed by atoms with E-state index in [2.05, 4.69) is 69.6 Å². The molecule has 1 aromatic rings. The van der Waals surface area contributed by atoms with Gasteiger partial charge in [-0.15, -0.1) is 0 Å². The lowest BCUT2D eigenvalue weighted by atomic mass is 9.96. The van der Waals surface area contributed by atoms with Gasteiger partial charge in [0, 0.05) is 6.04 Å². The average Bonchev–Trinajstić information content (AvgIpc) is 2.51. The Morgan fingerprint density at radius 3 is 2.33 bits per heavy atom. The van der Waals surface area contributed by atoms with Crippen LogP contribution in [0, 0.1) is 5.92 Å². The van der Waals surface area contributed by atoms with Crippen molar-refractivity contribution in [3.8, 4) is 0 Å². The van der Waals surface area contributed by atoms with Crippen LogP contribution < -0.4 is 5.32 Å². The van der Waals surface area contributed by atoms with Crippen LogP contribution in [-0.2, 0) is 6.42 Å². The summed E-state index contributed by atoms with van der Waals surface area (Å²) in [6.45, 7) is 6.80. The summed E-state index contributed by atoms with van der Waals surface area (Å²) in [6, 6.07) is 9.64. The van der Waals surface area contributed by atoms with E-state index in [4.69, 9.17) is 0 Å². The van der Waals surface area contributed by atoms with Crippen molar-refractivity contribution in [1.29, 1.82) is 0 Å². The first-order valence-electron chi connectivity index (χ1n) is 8.65. The molecule has 0 aliphatic heterocycles. The topological polar surface area (TPSA) is 12.0 Å². The van der Waals surface area contributed by atoms with Crippen LogP contribution in [0.2, 0.25) is 0 Å². The maximum absolute atomic E-state index is 3.43. The molecule has 0 saturated carbocycles. The molecule has 0 bridgehead atoms. The van der Waals surface area contributed by atoms with Crippen LogP contribution in [0.3, 0.4) is 0 Å². The monoisotopic (exact) mass is 287 g/mol. The lowest BCUT2D eigenvalue weighted by Gasteiger charge is -2.20. The van der Waals surface area contributed by atoms with E-state index in [1.165, 1.54) is 49.7 Å². The molecule has 0 heterocycles. The van der Waals surface area contributed by atoms with Crippen molar-refractivity contribution >= 4 is 6.08 Å². The lowest BCUT2D eigenvalue weighted by Crippen LogP contribution is -2.30. The highest BCUT2D eigenvalue weighted by atomic mass is 14.9. The summed E-state index contributed by atoms with van der Waals surface area (Å²) in [5.74, 6) is 0.569. The van der Waals surface area contributed by atoms with Crippen LogP contribution >= 0.6 is 0 Å². The van der Waals surface area contributed by atoms with Crippen LogP contribution in [0.1, 0.15) is 64.0 Å². The molecule has 2 atom stereocenters. The summed E-state index contributed by atoms with van der Waals surface area (Å²) < 4.78 is 0. The maximum atomic E-state index is 3.43. The molecule has 1 N–H and O–H groups in total. The third-order valence-electron chi connectivity index (χ3n) is 4.25. The van der Waals surface area contributed by atoms with E-state index in [1.807, 2.05) is 0 Å². The van der Waals surface area contributed by atoms with Gasteiger partial charge in [0.15, 0.2) is 0 Å². The molecule has 0 fully saturated rings. The summed E-state index contributed by atoms with van der Waals surface area (Å²) >= 11 is 0.